The number of methoxy groups -OCH3 is 2. The van der Waals surface area contributed by atoms with E-state index in [4.69, 9.17) is 14.0 Å². The third kappa shape index (κ3) is 1.82. The largest absolute Gasteiger partial charge is 0.496 e. The first-order valence-electron chi connectivity index (χ1n) is 5.97. The van der Waals surface area contributed by atoms with Crippen molar-refractivity contribution in [3.05, 3.63) is 17.9 Å². The van der Waals surface area contributed by atoms with Crippen LogP contribution in [0, 0.1) is 6.92 Å². The minimum Gasteiger partial charge on any atom is -0.496 e. The van der Waals surface area contributed by atoms with Gasteiger partial charge in [-0.3, -0.25) is 0 Å². The molecule has 4 nitrogen and oxygen atoms in total. The van der Waals surface area contributed by atoms with E-state index in [2.05, 4.69) is 20.8 Å². The van der Waals surface area contributed by atoms with E-state index in [1.165, 1.54) is 0 Å². The van der Waals surface area contributed by atoms with Gasteiger partial charge in [-0.05, 0) is 16.9 Å². The second kappa shape index (κ2) is 4.19. The molecule has 98 valence electrons. The molecule has 0 unspecified atom stereocenters. The van der Waals surface area contributed by atoms with Crippen LogP contribution in [0.3, 0.4) is 0 Å². The lowest BCUT2D eigenvalue weighted by molar-refractivity contribution is -0.888. The van der Waals surface area contributed by atoms with Crippen LogP contribution < -0.4 is 14.2 Å². The van der Waals surface area contributed by atoms with Crippen molar-refractivity contribution in [2.75, 3.05) is 14.2 Å². The first kappa shape index (κ1) is 12.7. The van der Waals surface area contributed by atoms with Crippen LogP contribution in [0.2, 0.25) is 0 Å². The Balaban J connectivity index is 2.91. The smallest absolute Gasteiger partial charge is 0.308 e. The second-order valence-electron chi connectivity index (χ2n) is 5.31. The molecule has 0 bridgehead atoms. The number of benzene rings is 1. The van der Waals surface area contributed by atoms with Gasteiger partial charge in [-0.2, -0.15) is 0 Å². The molecule has 1 aromatic heterocycles. The van der Waals surface area contributed by atoms with Crippen LogP contribution in [0.15, 0.2) is 16.7 Å². The van der Waals surface area contributed by atoms with Gasteiger partial charge in [-0.15, -0.1) is 0 Å². The molecule has 2 aromatic rings. The molecular weight excluding hydrogens is 230 g/mol. The second-order valence-corrected chi connectivity index (χ2v) is 5.31. The fraction of sp³-hybridized carbons (Fsp3) is 0.500. The van der Waals surface area contributed by atoms with Gasteiger partial charge < -0.3 is 9.47 Å². The quantitative estimate of drug-likeness (QED) is 0.769. The lowest BCUT2D eigenvalue weighted by Crippen LogP contribution is -2.49. The zero-order chi connectivity index (χ0) is 13.5. The predicted molar refractivity (Wildman–Crippen MR) is 69.2 cm³/mol. The fourth-order valence-corrected chi connectivity index (χ4v) is 2.13. The van der Waals surface area contributed by atoms with Gasteiger partial charge in [0.05, 0.1) is 14.2 Å². The van der Waals surface area contributed by atoms with Gasteiger partial charge in [0.25, 0.3) is 0 Å². The Bertz CT molecular complexity index is 579. The van der Waals surface area contributed by atoms with E-state index in [1.54, 1.807) is 14.2 Å². The molecule has 0 N–H and O–H groups in total. The minimum absolute atomic E-state index is 0.161. The van der Waals surface area contributed by atoms with E-state index in [0.29, 0.717) is 0 Å². The summed E-state index contributed by atoms with van der Waals surface area (Å²) in [4.78, 5) is 0. The molecule has 0 radical (unpaired) electrons. The molecule has 0 amide bonds. The molecule has 1 aromatic carbocycles. The van der Waals surface area contributed by atoms with Crippen LogP contribution in [0.4, 0.5) is 0 Å². The minimum atomic E-state index is -0.161. The summed E-state index contributed by atoms with van der Waals surface area (Å²) in [5.74, 6) is 2.42. The number of hydrogen-bond donors (Lipinski definition) is 0. The first-order valence-corrected chi connectivity index (χ1v) is 5.97. The molecule has 0 atom stereocenters. The summed E-state index contributed by atoms with van der Waals surface area (Å²) < 4.78 is 18.6. The van der Waals surface area contributed by atoms with Crippen LogP contribution in [0.25, 0.3) is 10.9 Å². The maximum Gasteiger partial charge on any atom is 0.308 e. The predicted octanol–water partition coefficient (Wildman–Crippen LogP) is 2.80. The van der Waals surface area contributed by atoms with Crippen LogP contribution in [0.1, 0.15) is 26.5 Å². The lowest BCUT2D eigenvalue weighted by Gasteiger charge is -2.09. The topological polar surface area (TPSA) is 35.5 Å². The highest BCUT2D eigenvalue weighted by Crippen LogP contribution is 2.34. The highest BCUT2D eigenvalue weighted by molar-refractivity contribution is 5.89. The van der Waals surface area contributed by atoms with Crippen molar-refractivity contribution >= 4 is 10.9 Å². The third-order valence-corrected chi connectivity index (χ3v) is 2.94. The number of ether oxygens (including phenoxy) is 2. The van der Waals surface area contributed by atoms with Gasteiger partial charge in [-0.1, -0.05) is 0 Å². The van der Waals surface area contributed by atoms with E-state index in [0.717, 1.165) is 28.2 Å². The molecule has 0 aliphatic heterocycles. The van der Waals surface area contributed by atoms with E-state index in [-0.39, 0.29) is 5.54 Å². The lowest BCUT2D eigenvalue weighted by atomic mass is 10.1. The zero-order valence-corrected chi connectivity index (χ0v) is 11.8. The average Bonchev–Trinajstić information content (AvgIpc) is 2.66. The van der Waals surface area contributed by atoms with Gasteiger partial charge in [0.1, 0.15) is 11.1 Å². The Labute approximate surface area is 107 Å². The summed E-state index contributed by atoms with van der Waals surface area (Å²) in [7, 11) is 3.33. The Hall–Kier alpha value is -1.71. The first-order chi connectivity index (χ1) is 8.40. The number of fused-ring (bicyclic) bond motifs is 1. The number of aryl methyl sites for hydroxylation is 1. The molecule has 1 heterocycles. The molecule has 0 aliphatic carbocycles. The number of rotatable bonds is 2. The van der Waals surface area contributed by atoms with Crippen LogP contribution in [0.5, 0.6) is 11.5 Å². The Morgan fingerprint density at radius 1 is 1.06 bits per heavy atom. The average molecular weight is 250 g/mol. The van der Waals surface area contributed by atoms with E-state index < -0.39 is 0 Å². The number of nitrogens with zero attached hydrogens (tertiary/aromatic N) is 1. The molecule has 4 heteroatoms. The SMILES string of the molecule is COc1ccc(OC)c2c1c(C)o[n+]2C(C)(C)C. The monoisotopic (exact) mass is 250 g/mol. The van der Waals surface area contributed by atoms with Crippen LogP contribution >= 0.6 is 0 Å². The Kier molecular flexibility index (Phi) is 2.97. The van der Waals surface area contributed by atoms with Crippen molar-refractivity contribution in [2.24, 2.45) is 0 Å². The standard InChI is InChI=1S/C14H20NO3/c1-9-12-10(16-5)7-8-11(17-6)13(12)15(18-9)14(2,3)4/h7-8H,1-6H3/q+1. The van der Waals surface area contributed by atoms with Crippen molar-refractivity contribution in [1.29, 1.82) is 0 Å². The highest BCUT2D eigenvalue weighted by atomic mass is 16.5. The van der Waals surface area contributed by atoms with Gasteiger partial charge in [0.15, 0.2) is 11.5 Å². The van der Waals surface area contributed by atoms with Crippen molar-refractivity contribution in [3.8, 4) is 11.5 Å². The summed E-state index contributed by atoms with van der Waals surface area (Å²) in [6, 6.07) is 3.80. The molecule has 0 saturated heterocycles. The molecule has 0 saturated carbocycles. The van der Waals surface area contributed by atoms with E-state index in [9.17, 15) is 0 Å². The maximum atomic E-state index is 5.87. The van der Waals surface area contributed by atoms with Gasteiger partial charge in [0, 0.05) is 27.7 Å². The zero-order valence-electron chi connectivity index (χ0n) is 11.8. The summed E-state index contributed by atoms with van der Waals surface area (Å²) >= 11 is 0. The molecule has 2 rings (SSSR count). The van der Waals surface area contributed by atoms with Gasteiger partial charge >= 0.3 is 5.52 Å². The fourth-order valence-electron chi connectivity index (χ4n) is 2.13. The molecule has 0 fully saturated rings. The maximum absolute atomic E-state index is 5.87. The van der Waals surface area contributed by atoms with Crippen LogP contribution in [-0.2, 0) is 5.54 Å². The van der Waals surface area contributed by atoms with Gasteiger partial charge in [-0.25, -0.2) is 4.52 Å². The van der Waals surface area contributed by atoms with E-state index >= 15 is 0 Å². The molecule has 18 heavy (non-hydrogen) atoms. The van der Waals surface area contributed by atoms with Crippen molar-refractivity contribution in [3.63, 3.8) is 0 Å². The normalized spacial score (nSPS) is 11.9. The Morgan fingerprint density at radius 2 is 1.61 bits per heavy atom. The number of hydrogen-bond acceptors (Lipinski definition) is 3. The number of aromatic nitrogens is 1. The van der Waals surface area contributed by atoms with Crippen molar-refractivity contribution in [1.82, 2.24) is 0 Å². The van der Waals surface area contributed by atoms with Crippen molar-refractivity contribution in [2.45, 2.75) is 33.2 Å². The summed E-state index contributed by atoms with van der Waals surface area (Å²) in [5.41, 5.74) is 0.772. The summed E-state index contributed by atoms with van der Waals surface area (Å²) in [6.45, 7) is 8.21. The van der Waals surface area contributed by atoms with Crippen molar-refractivity contribution < 1.29 is 18.7 Å². The molecular formula is C14H20NO3+. The highest BCUT2D eigenvalue weighted by Gasteiger charge is 2.35. The third-order valence-electron chi connectivity index (χ3n) is 2.94. The molecule has 0 spiro atoms. The Morgan fingerprint density at radius 3 is 2.11 bits per heavy atom. The molecule has 0 aliphatic rings. The van der Waals surface area contributed by atoms with Gasteiger partial charge in [0.2, 0.25) is 5.54 Å². The van der Waals surface area contributed by atoms with E-state index in [1.807, 2.05) is 23.8 Å². The summed E-state index contributed by atoms with van der Waals surface area (Å²) in [5, 5.41) is 0.965. The van der Waals surface area contributed by atoms with Crippen LogP contribution in [-0.4, -0.2) is 14.2 Å². The summed E-state index contributed by atoms with van der Waals surface area (Å²) in [6.07, 6.45) is 0.